The summed E-state index contributed by atoms with van der Waals surface area (Å²) in [6.45, 7) is 8.93. The van der Waals surface area contributed by atoms with Crippen LogP contribution in [0.25, 0.3) is 5.69 Å². The van der Waals surface area contributed by atoms with Gasteiger partial charge in [-0.1, -0.05) is 19.1 Å². The summed E-state index contributed by atoms with van der Waals surface area (Å²) in [5, 5.41) is 21.3. The van der Waals surface area contributed by atoms with E-state index in [0.29, 0.717) is 36.3 Å². The second-order valence-electron chi connectivity index (χ2n) is 19.3. The van der Waals surface area contributed by atoms with Gasteiger partial charge in [0.1, 0.15) is 54.3 Å². The number of benzene rings is 3. The minimum absolute atomic E-state index is 0. The normalized spacial score (nSPS) is 17.8. The topological polar surface area (TPSA) is 257 Å². The third-order valence-corrected chi connectivity index (χ3v) is 13.9. The molecular weight excluding hydrogens is 1040 g/mol. The SMILES string of the molecule is CC[C@@H]([C@H](C)O)n1ncn(-c2ccc(N3CCN(c4ccc(OC[C@@H]5CO[C@@](Cn6c[n+](C(C)OC(=O)N(C)c7ncccc7COC(=O)[C@@H](N)CCCNC(N)=O)cn6)(c6ccc(F)cc6F)C5)cc4)CC3)cc2)c1=O.[Cl-]. The van der Waals surface area contributed by atoms with Gasteiger partial charge >= 0.3 is 23.8 Å². The van der Waals surface area contributed by atoms with E-state index in [-0.39, 0.29) is 74.7 Å². The van der Waals surface area contributed by atoms with Crippen LogP contribution >= 0.6 is 0 Å². The number of halogens is 3. The van der Waals surface area contributed by atoms with Gasteiger partial charge in [0, 0.05) is 92.5 Å². The average Bonchev–Trinajstić information content (AvgIpc) is 4.23. The highest BCUT2D eigenvalue weighted by atomic mass is 35.5. The van der Waals surface area contributed by atoms with Crippen molar-refractivity contribution in [2.45, 2.75) is 89.6 Å². The summed E-state index contributed by atoms with van der Waals surface area (Å²) < 4.78 is 59.7. The van der Waals surface area contributed by atoms with E-state index in [9.17, 15) is 28.7 Å². The third kappa shape index (κ3) is 13.9. The number of nitrogens with one attached hydrogen (secondary N) is 1. The lowest BCUT2D eigenvalue weighted by molar-refractivity contribution is -0.753. The van der Waals surface area contributed by atoms with E-state index in [1.807, 2.05) is 55.5 Å². The second-order valence-corrected chi connectivity index (χ2v) is 19.3. The number of pyridine rings is 1. The standard InChI is InChI=1S/C53H65F2N13O9.ClH/c1-5-47(35(2)69)68-51(72)67(33-61-68)42-13-11-40(12-14-42)63-22-24-64(25-23-63)41-15-17-43(18-16-41)74-28-37-27-53(76-29-37,44-19-10-39(54)26-45(44)55)31-66-34-65(32-60-66)36(3)77-52(73)62(4)48-38(8-6-20-58-48)30-75-49(70)46(56)9-7-21-59-50(57)71;/h6,8,10-20,26,32-37,46-47,69H,5,7,9,21-25,27-31,56H2,1-4H3,(H2-,57,59,71);1H/t35-,36?,37+,46-,47-,53-;/m0./s1. The molecule has 0 radical (unpaired) electrons. The lowest BCUT2D eigenvalue weighted by atomic mass is 9.87. The van der Waals surface area contributed by atoms with Crippen LogP contribution in [0.2, 0.25) is 0 Å². The molecule has 0 saturated carbocycles. The predicted molar refractivity (Wildman–Crippen MR) is 278 cm³/mol. The van der Waals surface area contributed by atoms with Crippen molar-refractivity contribution < 1.29 is 64.2 Å². The molecule has 6 N–H and O–H groups in total. The molecule has 25 heteroatoms. The minimum Gasteiger partial charge on any atom is -1.00 e. The van der Waals surface area contributed by atoms with Crippen molar-refractivity contribution in [3.05, 3.63) is 137 Å². The number of rotatable bonds is 22. The van der Waals surface area contributed by atoms with Gasteiger partial charge in [-0.3, -0.25) is 9.69 Å². The first-order valence-electron chi connectivity index (χ1n) is 25.6. The van der Waals surface area contributed by atoms with Crippen LogP contribution in [0.1, 0.15) is 69.9 Å². The summed E-state index contributed by atoms with van der Waals surface area (Å²) >= 11 is 0. The molecular formula is C53H66ClF2N13O9. The van der Waals surface area contributed by atoms with Crippen LogP contribution < -0.4 is 58.9 Å². The Hall–Kier alpha value is -7.67. The Balaban J connectivity index is 0.00000882. The summed E-state index contributed by atoms with van der Waals surface area (Å²) in [7, 11) is 1.46. The van der Waals surface area contributed by atoms with Crippen LogP contribution in [0, 0.1) is 17.6 Å². The molecule has 2 aliphatic rings. The monoisotopic (exact) mass is 1100 g/mol. The van der Waals surface area contributed by atoms with Crippen LogP contribution in [0.5, 0.6) is 5.75 Å². The number of esters is 1. The highest BCUT2D eigenvalue weighted by molar-refractivity contribution is 5.86. The van der Waals surface area contributed by atoms with Crippen LogP contribution in [0.3, 0.4) is 0 Å². The first kappa shape index (κ1) is 58.0. The van der Waals surface area contributed by atoms with Gasteiger partial charge in [0.15, 0.2) is 0 Å². The zero-order valence-corrected chi connectivity index (χ0v) is 44.6. The molecule has 1 unspecified atom stereocenters. The summed E-state index contributed by atoms with van der Waals surface area (Å²) in [5.41, 5.74) is 12.9. The Morgan fingerprint density at radius 2 is 1.67 bits per heavy atom. The molecule has 0 spiro atoms. The van der Waals surface area contributed by atoms with Crippen LogP contribution in [-0.4, -0.2) is 117 Å². The molecule has 0 aliphatic carbocycles. The summed E-state index contributed by atoms with van der Waals surface area (Å²) in [4.78, 5) is 60.2. The maximum Gasteiger partial charge on any atom is 0.418 e. The predicted octanol–water partition coefficient (Wildman–Crippen LogP) is 1.48. The number of aliphatic hydroxyl groups is 1. The van der Waals surface area contributed by atoms with Gasteiger partial charge in [0.05, 0.1) is 31.0 Å². The number of aliphatic hydroxyl groups excluding tert-OH is 1. The maximum absolute atomic E-state index is 15.7. The van der Waals surface area contributed by atoms with Crippen molar-refractivity contribution in [3.63, 3.8) is 0 Å². The number of carbonyl (C=O) groups is 3. The molecule has 2 saturated heterocycles. The van der Waals surface area contributed by atoms with Crippen LogP contribution in [0.4, 0.5) is 35.6 Å². The number of carbonyl (C=O) groups excluding carboxylic acids is 3. The van der Waals surface area contributed by atoms with Gasteiger partial charge in [-0.05, 0) is 93.3 Å². The van der Waals surface area contributed by atoms with Gasteiger partial charge in [-0.2, -0.15) is 9.67 Å². The Morgan fingerprint density at radius 3 is 2.32 bits per heavy atom. The van der Waals surface area contributed by atoms with Crippen molar-refractivity contribution in [2.75, 3.05) is 67.7 Å². The first-order valence-corrected chi connectivity index (χ1v) is 25.6. The van der Waals surface area contributed by atoms with Gasteiger partial charge in [-0.25, -0.2) is 37.4 Å². The molecule has 418 valence electrons. The molecule has 3 amide bonds. The first-order chi connectivity index (χ1) is 37.0. The van der Waals surface area contributed by atoms with E-state index in [1.165, 1.54) is 52.2 Å². The van der Waals surface area contributed by atoms with Crippen molar-refractivity contribution in [1.29, 1.82) is 0 Å². The number of nitrogens with zero attached hydrogens (tertiary/aromatic N) is 10. The second kappa shape index (κ2) is 26.1. The molecule has 22 nitrogen and oxygen atoms in total. The van der Waals surface area contributed by atoms with E-state index in [2.05, 4.69) is 30.3 Å². The highest BCUT2D eigenvalue weighted by Crippen LogP contribution is 2.42. The average molecular weight is 1100 g/mol. The van der Waals surface area contributed by atoms with Crippen LogP contribution in [-0.2, 0) is 37.8 Å². The Morgan fingerprint density at radius 1 is 0.987 bits per heavy atom. The fraction of sp³-hybridized carbons (Fsp3) is 0.434. The number of hydrogen-bond acceptors (Lipinski definition) is 15. The van der Waals surface area contributed by atoms with Crippen molar-refractivity contribution in [2.24, 2.45) is 17.4 Å². The van der Waals surface area contributed by atoms with E-state index in [1.54, 1.807) is 41.6 Å². The smallest absolute Gasteiger partial charge is 0.418 e. The quantitative estimate of drug-likeness (QED) is 0.0427. The van der Waals surface area contributed by atoms with E-state index < -0.39 is 59.7 Å². The molecule has 78 heavy (non-hydrogen) atoms. The molecule has 6 aromatic rings. The fourth-order valence-corrected chi connectivity index (χ4v) is 9.66. The van der Waals surface area contributed by atoms with E-state index >= 15 is 4.39 Å². The number of piperazine rings is 1. The van der Waals surface area contributed by atoms with E-state index in [4.69, 9.17) is 30.4 Å². The van der Waals surface area contributed by atoms with Gasteiger partial charge in [-0.15, -0.1) is 4.68 Å². The molecule has 6 atom stereocenters. The lowest BCUT2D eigenvalue weighted by Gasteiger charge is -2.37. The zero-order chi connectivity index (χ0) is 54.8. The zero-order valence-electron chi connectivity index (χ0n) is 43.9. The molecule has 2 aliphatic heterocycles. The van der Waals surface area contributed by atoms with Crippen molar-refractivity contribution in [1.82, 2.24) is 34.4 Å². The maximum atomic E-state index is 15.7. The summed E-state index contributed by atoms with van der Waals surface area (Å²) in [5.74, 6) is -1.48. The van der Waals surface area contributed by atoms with Crippen molar-refractivity contribution >= 4 is 35.3 Å². The van der Waals surface area contributed by atoms with Crippen LogP contribution in [0.15, 0.2) is 109 Å². The molecule has 3 aromatic carbocycles. The Labute approximate surface area is 455 Å². The Bertz CT molecular complexity index is 3030. The minimum atomic E-state index is -1.25. The summed E-state index contributed by atoms with van der Waals surface area (Å²) in [6.07, 6.45) is 5.22. The fourth-order valence-electron chi connectivity index (χ4n) is 9.66. The number of anilines is 3. The largest absolute Gasteiger partial charge is 1.00 e. The van der Waals surface area contributed by atoms with Crippen molar-refractivity contribution in [3.8, 4) is 11.4 Å². The molecule has 2 fully saturated rings. The Kier molecular flexibility index (Phi) is 19.4. The number of ether oxygens (including phenoxy) is 4. The summed E-state index contributed by atoms with van der Waals surface area (Å²) in [6, 6.07) is 20.4. The molecule has 5 heterocycles. The highest BCUT2D eigenvalue weighted by Gasteiger charge is 2.46. The van der Waals surface area contributed by atoms with Gasteiger partial charge < -0.3 is 63.0 Å². The number of nitrogens with two attached hydrogens (primary N) is 2. The van der Waals surface area contributed by atoms with E-state index in [0.717, 1.165) is 43.6 Å². The molecule has 8 rings (SSSR count). The lowest BCUT2D eigenvalue weighted by Crippen LogP contribution is -3.00. The number of aromatic nitrogens is 7. The third-order valence-electron chi connectivity index (χ3n) is 13.9. The van der Waals surface area contributed by atoms with Gasteiger partial charge in [0.2, 0.25) is 12.6 Å². The number of amides is 3. The number of urea groups is 1. The molecule has 0 bridgehead atoms. The molecule has 3 aromatic heterocycles. The number of hydrogen-bond donors (Lipinski definition) is 4. The van der Waals surface area contributed by atoms with Gasteiger partial charge in [0.25, 0.3) is 6.33 Å². The number of primary amides is 1.